The summed E-state index contributed by atoms with van der Waals surface area (Å²) in [6.45, 7) is 2.38. The Morgan fingerprint density at radius 1 is 1.00 bits per heavy atom. The number of aliphatic imine (C=N–C) groups is 1. The second-order valence-electron chi connectivity index (χ2n) is 7.11. The molecule has 0 bridgehead atoms. The van der Waals surface area contributed by atoms with Gasteiger partial charge in [0.1, 0.15) is 30.5 Å². The lowest BCUT2D eigenvalue weighted by molar-refractivity contribution is -0.114. The average Bonchev–Trinajstić information content (AvgIpc) is 3.20. The van der Waals surface area contributed by atoms with Gasteiger partial charge in [0.25, 0.3) is 5.91 Å². The molecule has 2 aliphatic rings. The summed E-state index contributed by atoms with van der Waals surface area (Å²) < 4.78 is 22.0. The van der Waals surface area contributed by atoms with E-state index in [1.165, 1.54) is 12.2 Å². The highest BCUT2D eigenvalue weighted by molar-refractivity contribution is 6.32. The van der Waals surface area contributed by atoms with Gasteiger partial charge in [0.05, 0.1) is 19.8 Å². The lowest BCUT2D eigenvalue weighted by Crippen LogP contribution is -2.38. The number of carbonyl (C=O) groups is 1. The largest absolute Gasteiger partial charge is 0.497 e. The number of methoxy groups -OCH3 is 2. The molecule has 2 aromatic carbocycles. The maximum Gasteiger partial charge on any atom is 0.282 e. The zero-order chi connectivity index (χ0) is 23.4. The molecule has 0 aromatic heterocycles. The standard InChI is InChI=1S/C24H23N3O6/c1-15-12-22-26-24(28)19(23(25)27(22)33-15)13-16-4-9-20(21(14-16)30-3)32-11-10-31-18-7-5-17(29-2)6-8-18/h4-9,12-14,25H,10-11H2,1-3H3/b19-13+,25-23?. The van der Waals surface area contributed by atoms with Crippen LogP contribution in [0.4, 0.5) is 0 Å². The third-order valence-corrected chi connectivity index (χ3v) is 4.85. The molecule has 0 unspecified atom stereocenters. The predicted molar refractivity (Wildman–Crippen MR) is 122 cm³/mol. The summed E-state index contributed by atoms with van der Waals surface area (Å²) in [6, 6.07) is 12.5. The molecule has 4 rings (SSSR count). The Balaban J connectivity index is 1.40. The summed E-state index contributed by atoms with van der Waals surface area (Å²) in [7, 11) is 3.14. The van der Waals surface area contributed by atoms with Crippen molar-refractivity contribution in [3.8, 4) is 23.0 Å². The molecule has 170 valence electrons. The van der Waals surface area contributed by atoms with Gasteiger partial charge >= 0.3 is 0 Å². The van der Waals surface area contributed by atoms with Crippen molar-refractivity contribution in [1.29, 1.82) is 5.41 Å². The van der Waals surface area contributed by atoms with Crippen LogP contribution in [0.5, 0.6) is 23.0 Å². The first-order valence-corrected chi connectivity index (χ1v) is 10.2. The average molecular weight is 449 g/mol. The molecule has 0 fully saturated rings. The van der Waals surface area contributed by atoms with E-state index in [9.17, 15) is 4.79 Å². The van der Waals surface area contributed by atoms with Crippen LogP contribution in [0.1, 0.15) is 12.5 Å². The van der Waals surface area contributed by atoms with Crippen LogP contribution in [0.25, 0.3) is 6.08 Å². The van der Waals surface area contributed by atoms with E-state index in [2.05, 4.69) is 4.99 Å². The fourth-order valence-corrected chi connectivity index (χ4v) is 3.24. The van der Waals surface area contributed by atoms with Crippen molar-refractivity contribution in [3.05, 3.63) is 65.4 Å². The van der Waals surface area contributed by atoms with E-state index in [1.54, 1.807) is 44.4 Å². The van der Waals surface area contributed by atoms with Gasteiger partial charge in [-0.2, -0.15) is 4.99 Å². The Labute approximate surface area is 191 Å². The van der Waals surface area contributed by atoms with E-state index in [0.29, 0.717) is 47.6 Å². The van der Waals surface area contributed by atoms with Gasteiger partial charge in [-0.15, -0.1) is 5.06 Å². The normalized spacial score (nSPS) is 16.1. The number of hydroxylamine groups is 2. The van der Waals surface area contributed by atoms with Gasteiger partial charge in [0.15, 0.2) is 23.2 Å². The Hall–Kier alpha value is -4.27. The maximum absolute atomic E-state index is 12.4. The number of hydrogen-bond acceptors (Lipinski definition) is 7. The number of ether oxygens (including phenoxy) is 4. The molecular weight excluding hydrogens is 426 g/mol. The van der Waals surface area contributed by atoms with Crippen molar-refractivity contribution in [2.24, 2.45) is 4.99 Å². The number of fused-ring (bicyclic) bond motifs is 1. The quantitative estimate of drug-likeness (QED) is 0.485. The van der Waals surface area contributed by atoms with Crippen molar-refractivity contribution in [1.82, 2.24) is 5.06 Å². The fourth-order valence-electron chi connectivity index (χ4n) is 3.24. The summed E-state index contributed by atoms with van der Waals surface area (Å²) in [6.07, 6.45) is 3.18. The number of rotatable bonds is 8. The number of nitrogens with one attached hydrogen (secondary N) is 1. The van der Waals surface area contributed by atoms with Crippen molar-refractivity contribution in [3.63, 3.8) is 0 Å². The number of amides is 1. The van der Waals surface area contributed by atoms with E-state index in [0.717, 1.165) is 5.75 Å². The van der Waals surface area contributed by atoms with Crippen LogP contribution in [0.15, 0.2) is 64.9 Å². The Kier molecular flexibility index (Phi) is 6.30. The van der Waals surface area contributed by atoms with Crippen LogP contribution in [-0.2, 0) is 9.63 Å². The van der Waals surface area contributed by atoms with Gasteiger partial charge in [-0.25, -0.2) is 0 Å². The Morgan fingerprint density at radius 3 is 2.45 bits per heavy atom. The number of allylic oxidation sites excluding steroid dienone is 1. The molecule has 2 heterocycles. The molecule has 2 aromatic rings. The second kappa shape index (κ2) is 9.47. The van der Waals surface area contributed by atoms with Crippen LogP contribution < -0.4 is 18.9 Å². The van der Waals surface area contributed by atoms with E-state index >= 15 is 0 Å². The third-order valence-electron chi connectivity index (χ3n) is 4.85. The molecule has 0 spiro atoms. The van der Waals surface area contributed by atoms with Crippen LogP contribution in [0.2, 0.25) is 0 Å². The highest BCUT2D eigenvalue weighted by atomic mass is 16.7. The van der Waals surface area contributed by atoms with Gasteiger partial charge in [-0.05, 0) is 55.0 Å². The Bertz CT molecular complexity index is 1170. The molecule has 0 radical (unpaired) electrons. The van der Waals surface area contributed by atoms with Crippen LogP contribution >= 0.6 is 0 Å². The van der Waals surface area contributed by atoms with E-state index in [4.69, 9.17) is 29.2 Å². The van der Waals surface area contributed by atoms with Crippen molar-refractivity contribution < 1.29 is 28.6 Å². The molecular formula is C24H23N3O6. The number of carbonyl (C=O) groups excluding carboxylic acids is 1. The minimum atomic E-state index is -0.504. The van der Waals surface area contributed by atoms with E-state index in [1.807, 2.05) is 24.3 Å². The van der Waals surface area contributed by atoms with Gasteiger partial charge < -0.3 is 23.8 Å². The van der Waals surface area contributed by atoms with Crippen LogP contribution in [-0.4, -0.2) is 50.1 Å². The van der Waals surface area contributed by atoms with Crippen LogP contribution in [0.3, 0.4) is 0 Å². The zero-order valence-electron chi connectivity index (χ0n) is 18.5. The lowest BCUT2D eigenvalue weighted by Gasteiger charge is -2.23. The van der Waals surface area contributed by atoms with E-state index in [-0.39, 0.29) is 11.4 Å². The third kappa shape index (κ3) is 4.82. The minimum Gasteiger partial charge on any atom is -0.497 e. The topological polar surface area (TPSA) is 103 Å². The zero-order valence-corrected chi connectivity index (χ0v) is 18.5. The van der Waals surface area contributed by atoms with Gasteiger partial charge in [0.2, 0.25) is 0 Å². The second-order valence-corrected chi connectivity index (χ2v) is 7.11. The molecule has 0 saturated carbocycles. The highest BCUT2D eigenvalue weighted by Crippen LogP contribution is 2.30. The first-order valence-electron chi connectivity index (χ1n) is 10.2. The molecule has 1 amide bonds. The SMILES string of the molecule is COc1ccc(OCCOc2ccc(/C=C3\C(=N)N4OC(C)=CC4=NC3=O)cc2OC)cc1. The molecule has 0 atom stereocenters. The number of amidine groups is 2. The summed E-state index contributed by atoms with van der Waals surface area (Å²) in [5, 5.41) is 9.53. The van der Waals surface area contributed by atoms with E-state index < -0.39 is 5.91 Å². The maximum atomic E-state index is 12.4. The van der Waals surface area contributed by atoms with Gasteiger partial charge in [0, 0.05) is 6.08 Å². The van der Waals surface area contributed by atoms with Crippen molar-refractivity contribution >= 4 is 23.7 Å². The summed E-state index contributed by atoms with van der Waals surface area (Å²) >= 11 is 0. The monoisotopic (exact) mass is 449 g/mol. The summed E-state index contributed by atoms with van der Waals surface area (Å²) in [5.41, 5.74) is 0.773. The first kappa shape index (κ1) is 21.9. The number of hydrogen-bond donors (Lipinski definition) is 1. The molecule has 0 aliphatic carbocycles. The van der Waals surface area contributed by atoms with Crippen LogP contribution in [0, 0.1) is 5.41 Å². The molecule has 0 saturated heterocycles. The highest BCUT2D eigenvalue weighted by Gasteiger charge is 2.34. The lowest BCUT2D eigenvalue weighted by atomic mass is 10.1. The van der Waals surface area contributed by atoms with Crippen molar-refractivity contribution in [2.45, 2.75) is 6.92 Å². The number of benzene rings is 2. The first-order chi connectivity index (χ1) is 16.0. The summed E-state index contributed by atoms with van der Waals surface area (Å²) in [5.74, 6) is 2.78. The van der Waals surface area contributed by atoms with Crippen molar-refractivity contribution in [2.75, 3.05) is 27.4 Å². The minimum absolute atomic E-state index is 0.0759. The van der Waals surface area contributed by atoms with Gasteiger partial charge in [-0.1, -0.05) is 6.07 Å². The predicted octanol–water partition coefficient (Wildman–Crippen LogP) is 3.61. The fraction of sp³-hybridized carbons (Fsp3) is 0.208. The molecule has 9 heteroatoms. The smallest absolute Gasteiger partial charge is 0.282 e. The molecule has 33 heavy (non-hydrogen) atoms. The molecule has 1 N–H and O–H groups in total. The molecule has 9 nitrogen and oxygen atoms in total. The molecule has 2 aliphatic heterocycles. The van der Waals surface area contributed by atoms with Gasteiger partial charge in [-0.3, -0.25) is 10.2 Å². The summed E-state index contributed by atoms with van der Waals surface area (Å²) in [4.78, 5) is 21.8. The Morgan fingerprint density at radius 2 is 1.73 bits per heavy atom. The number of nitrogens with zero attached hydrogens (tertiary/aromatic N) is 2.